The first kappa shape index (κ1) is 25.4. The van der Waals surface area contributed by atoms with E-state index in [1.165, 1.54) is 37.8 Å². The number of likely N-dealkylation sites (tertiary alicyclic amines) is 1. The molecule has 8 nitrogen and oxygen atoms in total. The number of H-pyrrole nitrogens is 1. The molecule has 196 valence electrons. The number of anilines is 1. The van der Waals surface area contributed by atoms with Crippen LogP contribution in [-0.2, 0) is 6.54 Å². The van der Waals surface area contributed by atoms with Crippen LogP contribution in [0.2, 0.25) is 0 Å². The smallest absolute Gasteiger partial charge is 0.256 e. The molecule has 8 heteroatoms. The average molecular weight is 502 g/mol. The van der Waals surface area contributed by atoms with Gasteiger partial charge in [0.25, 0.3) is 5.91 Å². The van der Waals surface area contributed by atoms with Crippen LogP contribution in [0.4, 0.5) is 5.82 Å². The molecule has 0 bridgehead atoms. The highest BCUT2D eigenvalue weighted by Gasteiger charge is 2.24. The fourth-order valence-corrected chi connectivity index (χ4v) is 5.55. The number of nitrogens with zero attached hydrogens (tertiary/aromatic N) is 4. The first-order valence-electron chi connectivity index (χ1n) is 13.7. The number of benzene rings is 1. The van der Waals surface area contributed by atoms with Crippen LogP contribution in [0, 0.1) is 6.92 Å². The molecule has 1 unspecified atom stereocenters. The van der Waals surface area contributed by atoms with Crippen molar-refractivity contribution in [3.63, 3.8) is 0 Å². The van der Waals surface area contributed by atoms with E-state index in [9.17, 15) is 4.79 Å². The molecule has 0 saturated carbocycles. The second-order valence-corrected chi connectivity index (χ2v) is 10.4. The number of aryl methyl sites for hydroxylation is 2. The molecule has 37 heavy (non-hydrogen) atoms. The summed E-state index contributed by atoms with van der Waals surface area (Å²) in [4.78, 5) is 23.6. The van der Waals surface area contributed by atoms with Gasteiger partial charge in [-0.2, -0.15) is 5.10 Å². The Morgan fingerprint density at radius 3 is 2.73 bits per heavy atom. The van der Waals surface area contributed by atoms with Gasteiger partial charge in [0.05, 0.1) is 16.7 Å². The highest BCUT2D eigenvalue weighted by atomic mass is 16.1. The molecule has 4 heterocycles. The molecular weight excluding hydrogens is 462 g/mol. The van der Waals surface area contributed by atoms with Crippen molar-refractivity contribution in [2.45, 2.75) is 70.9 Å². The Labute approximate surface area is 218 Å². The summed E-state index contributed by atoms with van der Waals surface area (Å²) in [5.74, 6) is 0.381. The SMILES string of the molecule is Cc1nn(CCCCCCCCN)c2cc(C(=O)Nc3cc4[nH]c(C5CCCN5C)cc4cn3)ccc12. The number of pyridine rings is 1. The molecule has 1 amide bonds. The van der Waals surface area contributed by atoms with E-state index in [0.29, 0.717) is 17.4 Å². The number of hydrogen-bond donors (Lipinski definition) is 3. The summed E-state index contributed by atoms with van der Waals surface area (Å²) < 4.78 is 2.05. The summed E-state index contributed by atoms with van der Waals surface area (Å²) in [7, 11) is 2.17. The molecule has 0 spiro atoms. The van der Waals surface area contributed by atoms with Crippen molar-refractivity contribution < 1.29 is 4.79 Å². The van der Waals surface area contributed by atoms with Crippen molar-refractivity contribution in [1.82, 2.24) is 24.6 Å². The van der Waals surface area contributed by atoms with Gasteiger partial charge in [0, 0.05) is 46.9 Å². The number of carbonyl (C=O) groups is 1. The van der Waals surface area contributed by atoms with E-state index in [-0.39, 0.29) is 5.91 Å². The first-order chi connectivity index (χ1) is 18.0. The predicted octanol–water partition coefficient (Wildman–Crippen LogP) is 5.54. The summed E-state index contributed by atoms with van der Waals surface area (Å²) in [6.07, 6.45) is 11.2. The summed E-state index contributed by atoms with van der Waals surface area (Å²) in [6.45, 7) is 4.79. The highest BCUT2D eigenvalue weighted by Crippen LogP contribution is 2.32. The van der Waals surface area contributed by atoms with Crippen LogP contribution in [0.5, 0.6) is 0 Å². The molecule has 1 aliphatic heterocycles. The lowest BCUT2D eigenvalue weighted by atomic mass is 10.1. The minimum atomic E-state index is -0.165. The van der Waals surface area contributed by atoms with Crippen LogP contribution in [0.3, 0.4) is 0 Å². The molecule has 0 radical (unpaired) electrons. The third-order valence-electron chi connectivity index (χ3n) is 7.67. The standard InChI is InChI=1S/C29H39N7O/c1-20-23-12-11-21(17-27(23)36(34-20)15-8-6-4-3-5-7-13-30)29(37)33-28-18-24-22(19-31-28)16-25(32-24)26-10-9-14-35(26)2/h11-12,16-19,26,32H,3-10,13-15,30H2,1-2H3,(H,31,33,37). The number of aromatic amines is 1. The van der Waals surface area contributed by atoms with Gasteiger partial charge in [-0.15, -0.1) is 0 Å². The Hall–Kier alpha value is -3.23. The fraction of sp³-hybridized carbons (Fsp3) is 0.483. The highest BCUT2D eigenvalue weighted by molar-refractivity contribution is 6.06. The quantitative estimate of drug-likeness (QED) is 0.234. The van der Waals surface area contributed by atoms with Gasteiger partial charge < -0.3 is 16.0 Å². The lowest BCUT2D eigenvalue weighted by Crippen LogP contribution is -2.17. The van der Waals surface area contributed by atoms with E-state index in [2.05, 4.69) is 33.3 Å². The van der Waals surface area contributed by atoms with Gasteiger partial charge in [-0.05, 0) is 70.9 Å². The molecule has 4 aromatic rings. The zero-order chi connectivity index (χ0) is 25.8. The van der Waals surface area contributed by atoms with Gasteiger partial charge in [-0.25, -0.2) is 4.98 Å². The lowest BCUT2D eigenvalue weighted by molar-refractivity contribution is 0.102. The van der Waals surface area contributed by atoms with Crippen LogP contribution in [-0.4, -0.2) is 50.7 Å². The third-order valence-corrected chi connectivity index (χ3v) is 7.67. The molecule has 1 aliphatic rings. The number of carbonyl (C=O) groups excluding carboxylic acids is 1. The second-order valence-electron chi connectivity index (χ2n) is 10.4. The van der Waals surface area contributed by atoms with E-state index in [1.807, 2.05) is 42.1 Å². The predicted molar refractivity (Wildman–Crippen MR) is 150 cm³/mol. The Bertz CT molecular complexity index is 1370. The van der Waals surface area contributed by atoms with E-state index < -0.39 is 0 Å². The van der Waals surface area contributed by atoms with Crippen molar-refractivity contribution in [3.8, 4) is 0 Å². The lowest BCUT2D eigenvalue weighted by Gasteiger charge is -2.17. The monoisotopic (exact) mass is 501 g/mol. The first-order valence-corrected chi connectivity index (χ1v) is 13.7. The van der Waals surface area contributed by atoms with E-state index in [0.717, 1.165) is 66.4 Å². The van der Waals surface area contributed by atoms with Crippen LogP contribution in [0.15, 0.2) is 36.5 Å². The third kappa shape index (κ3) is 5.70. The van der Waals surface area contributed by atoms with Crippen LogP contribution in [0.25, 0.3) is 21.8 Å². The van der Waals surface area contributed by atoms with Crippen molar-refractivity contribution >= 4 is 33.5 Å². The van der Waals surface area contributed by atoms with Gasteiger partial charge >= 0.3 is 0 Å². The molecule has 1 aromatic carbocycles. The molecule has 1 fully saturated rings. The Morgan fingerprint density at radius 1 is 1.14 bits per heavy atom. The maximum absolute atomic E-state index is 13.1. The largest absolute Gasteiger partial charge is 0.357 e. The number of hydrogen-bond acceptors (Lipinski definition) is 5. The average Bonchev–Trinajstić information content (AvgIpc) is 3.59. The number of fused-ring (bicyclic) bond motifs is 2. The van der Waals surface area contributed by atoms with Gasteiger partial charge in [0.15, 0.2) is 0 Å². The number of amides is 1. The van der Waals surface area contributed by atoms with Gasteiger partial charge in [0.1, 0.15) is 5.82 Å². The van der Waals surface area contributed by atoms with Crippen LogP contribution in [0.1, 0.15) is 79.2 Å². The topological polar surface area (TPSA) is 105 Å². The number of nitrogens with one attached hydrogen (secondary N) is 2. The maximum atomic E-state index is 13.1. The zero-order valence-electron chi connectivity index (χ0n) is 22.1. The van der Waals surface area contributed by atoms with Gasteiger partial charge in [0.2, 0.25) is 0 Å². The summed E-state index contributed by atoms with van der Waals surface area (Å²) in [5.41, 5.74) is 10.4. The Kier molecular flexibility index (Phi) is 7.86. The number of nitrogens with two attached hydrogens (primary N) is 1. The van der Waals surface area contributed by atoms with Crippen LogP contribution < -0.4 is 11.1 Å². The fourth-order valence-electron chi connectivity index (χ4n) is 5.55. The molecule has 1 saturated heterocycles. The molecule has 4 N–H and O–H groups in total. The number of unbranched alkanes of at least 4 members (excludes halogenated alkanes) is 5. The molecule has 3 aromatic heterocycles. The zero-order valence-corrected chi connectivity index (χ0v) is 22.1. The second kappa shape index (κ2) is 11.4. The van der Waals surface area contributed by atoms with Gasteiger partial charge in [-0.3, -0.25) is 14.4 Å². The van der Waals surface area contributed by atoms with Crippen molar-refractivity contribution in [2.75, 3.05) is 25.5 Å². The van der Waals surface area contributed by atoms with Crippen molar-refractivity contribution in [2.24, 2.45) is 5.73 Å². The summed E-state index contributed by atoms with van der Waals surface area (Å²) in [5, 5.41) is 9.89. The number of aromatic nitrogens is 4. The molecular formula is C29H39N7O. The van der Waals surface area contributed by atoms with E-state index in [4.69, 9.17) is 10.8 Å². The Balaban J connectivity index is 1.26. The minimum absolute atomic E-state index is 0.165. The molecule has 5 rings (SSSR count). The van der Waals surface area contributed by atoms with Crippen LogP contribution >= 0.6 is 0 Å². The van der Waals surface area contributed by atoms with Crippen molar-refractivity contribution in [3.05, 3.63) is 53.5 Å². The van der Waals surface area contributed by atoms with Crippen molar-refractivity contribution in [1.29, 1.82) is 0 Å². The summed E-state index contributed by atoms with van der Waals surface area (Å²) >= 11 is 0. The molecule has 1 atom stereocenters. The summed E-state index contributed by atoms with van der Waals surface area (Å²) in [6, 6.07) is 10.3. The van der Waals surface area contributed by atoms with Gasteiger partial charge in [-0.1, -0.05) is 31.7 Å². The minimum Gasteiger partial charge on any atom is -0.357 e. The van der Waals surface area contributed by atoms with E-state index in [1.54, 1.807) is 0 Å². The molecule has 0 aliphatic carbocycles. The Morgan fingerprint density at radius 2 is 1.95 bits per heavy atom. The van der Waals surface area contributed by atoms with E-state index >= 15 is 0 Å². The maximum Gasteiger partial charge on any atom is 0.256 e. The number of rotatable bonds is 11. The normalized spacial score (nSPS) is 16.2.